The Morgan fingerprint density at radius 3 is 2.41 bits per heavy atom. The van der Waals surface area contributed by atoms with E-state index < -0.39 is 0 Å². The maximum Gasteiger partial charge on any atom is 0.177 e. The summed E-state index contributed by atoms with van der Waals surface area (Å²) in [5.74, 6) is 0. The fraction of sp³-hybridized carbons (Fsp3) is 0. The molecular weight excluding hydrogens is 214 g/mol. The molecule has 2 rings (SSSR count). The highest BCUT2D eigenvalue weighted by Gasteiger charge is 2.13. The standard InChI is InChI=1S/C12H5N5/c13-5-9-3-1-2-4-11(9)17-8-16-10(6-14)12(17)7-15/h1-4,8H. The van der Waals surface area contributed by atoms with Crippen LogP contribution in [0.4, 0.5) is 0 Å². The van der Waals surface area contributed by atoms with Crippen LogP contribution in [-0.4, -0.2) is 9.55 Å². The zero-order chi connectivity index (χ0) is 12.3. The van der Waals surface area contributed by atoms with Gasteiger partial charge in [0.1, 0.15) is 24.5 Å². The zero-order valence-corrected chi connectivity index (χ0v) is 8.62. The van der Waals surface area contributed by atoms with Crippen LogP contribution in [0.15, 0.2) is 30.6 Å². The lowest BCUT2D eigenvalue weighted by atomic mass is 10.2. The summed E-state index contributed by atoms with van der Waals surface area (Å²) in [6.45, 7) is 0. The second kappa shape index (κ2) is 4.18. The third-order valence-corrected chi connectivity index (χ3v) is 2.26. The average Bonchev–Trinajstić information content (AvgIpc) is 2.81. The molecule has 5 heteroatoms. The minimum atomic E-state index is 0.0558. The van der Waals surface area contributed by atoms with Gasteiger partial charge in [-0.25, -0.2) is 4.98 Å². The molecular formula is C12H5N5. The van der Waals surface area contributed by atoms with E-state index in [4.69, 9.17) is 15.8 Å². The highest BCUT2D eigenvalue weighted by Crippen LogP contribution is 2.17. The Balaban J connectivity index is 2.72. The van der Waals surface area contributed by atoms with Crippen molar-refractivity contribution in [1.82, 2.24) is 9.55 Å². The summed E-state index contributed by atoms with van der Waals surface area (Å²) >= 11 is 0. The lowest BCUT2D eigenvalue weighted by molar-refractivity contribution is 1.03. The molecule has 0 spiro atoms. The zero-order valence-electron chi connectivity index (χ0n) is 8.62. The number of benzene rings is 1. The first-order valence-electron chi connectivity index (χ1n) is 4.69. The fourth-order valence-electron chi connectivity index (χ4n) is 1.50. The number of para-hydroxylation sites is 1. The van der Waals surface area contributed by atoms with Crippen molar-refractivity contribution >= 4 is 0 Å². The van der Waals surface area contributed by atoms with Crippen molar-refractivity contribution < 1.29 is 0 Å². The predicted molar refractivity (Wildman–Crippen MR) is 57.7 cm³/mol. The molecule has 0 bridgehead atoms. The number of rotatable bonds is 1. The van der Waals surface area contributed by atoms with E-state index in [0.717, 1.165) is 0 Å². The Kier molecular flexibility index (Phi) is 2.56. The van der Waals surface area contributed by atoms with Gasteiger partial charge in [-0.3, -0.25) is 4.57 Å². The van der Waals surface area contributed by atoms with Crippen LogP contribution in [0.3, 0.4) is 0 Å². The minimum absolute atomic E-state index is 0.0558. The number of hydrogen-bond donors (Lipinski definition) is 0. The van der Waals surface area contributed by atoms with E-state index in [9.17, 15) is 0 Å². The van der Waals surface area contributed by atoms with Crippen LogP contribution in [-0.2, 0) is 0 Å². The highest BCUT2D eigenvalue weighted by atomic mass is 15.1. The molecule has 0 aliphatic carbocycles. The fourth-order valence-corrected chi connectivity index (χ4v) is 1.50. The van der Waals surface area contributed by atoms with Gasteiger partial charge in [0.15, 0.2) is 11.4 Å². The van der Waals surface area contributed by atoms with Crippen molar-refractivity contribution in [2.75, 3.05) is 0 Å². The van der Waals surface area contributed by atoms with Crippen LogP contribution in [0.5, 0.6) is 0 Å². The van der Waals surface area contributed by atoms with Gasteiger partial charge in [-0.1, -0.05) is 12.1 Å². The molecule has 0 radical (unpaired) electrons. The maximum atomic E-state index is 9.00. The summed E-state index contributed by atoms with van der Waals surface area (Å²) in [5, 5.41) is 26.8. The smallest absolute Gasteiger partial charge is 0.177 e. The van der Waals surface area contributed by atoms with Crippen LogP contribution >= 0.6 is 0 Å². The van der Waals surface area contributed by atoms with E-state index >= 15 is 0 Å². The van der Waals surface area contributed by atoms with E-state index in [1.165, 1.54) is 10.9 Å². The molecule has 0 saturated carbocycles. The lowest BCUT2D eigenvalue weighted by Crippen LogP contribution is -1.99. The van der Waals surface area contributed by atoms with E-state index in [1.807, 2.05) is 18.2 Å². The molecule has 17 heavy (non-hydrogen) atoms. The number of nitrogens with zero attached hydrogens (tertiary/aromatic N) is 5. The van der Waals surface area contributed by atoms with Crippen LogP contribution in [0, 0.1) is 34.0 Å². The van der Waals surface area contributed by atoms with E-state index in [0.29, 0.717) is 11.3 Å². The third kappa shape index (κ3) is 1.61. The molecule has 0 saturated heterocycles. The Labute approximate surface area is 97.4 Å². The Morgan fingerprint density at radius 2 is 1.76 bits per heavy atom. The van der Waals surface area contributed by atoms with Crippen LogP contribution in [0.2, 0.25) is 0 Å². The van der Waals surface area contributed by atoms with Crippen molar-refractivity contribution in [3.63, 3.8) is 0 Å². The van der Waals surface area contributed by atoms with Gasteiger partial charge in [0.25, 0.3) is 0 Å². The Morgan fingerprint density at radius 1 is 1.00 bits per heavy atom. The first kappa shape index (κ1) is 10.4. The SMILES string of the molecule is N#Cc1ccccc1-n1cnc(C#N)c1C#N. The second-order valence-electron chi connectivity index (χ2n) is 3.16. The van der Waals surface area contributed by atoms with Crippen LogP contribution in [0.25, 0.3) is 5.69 Å². The Bertz CT molecular complexity index is 691. The van der Waals surface area contributed by atoms with Gasteiger partial charge in [0.2, 0.25) is 0 Å². The minimum Gasteiger partial charge on any atom is -0.288 e. The molecule has 1 heterocycles. The predicted octanol–water partition coefficient (Wildman–Crippen LogP) is 1.49. The van der Waals surface area contributed by atoms with Gasteiger partial charge >= 0.3 is 0 Å². The van der Waals surface area contributed by atoms with Gasteiger partial charge in [0, 0.05) is 0 Å². The van der Waals surface area contributed by atoms with Crippen LogP contribution < -0.4 is 0 Å². The van der Waals surface area contributed by atoms with Crippen LogP contribution in [0.1, 0.15) is 17.0 Å². The van der Waals surface area contributed by atoms with Crippen molar-refractivity contribution in [3.8, 4) is 23.9 Å². The number of imidazole rings is 1. The van der Waals surface area contributed by atoms with Gasteiger partial charge in [-0.05, 0) is 12.1 Å². The van der Waals surface area contributed by atoms with E-state index in [1.54, 1.807) is 24.3 Å². The molecule has 0 amide bonds. The van der Waals surface area contributed by atoms with Gasteiger partial charge < -0.3 is 0 Å². The molecule has 0 atom stereocenters. The topological polar surface area (TPSA) is 89.2 Å². The van der Waals surface area contributed by atoms with Crippen molar-refractivity contribution in [2.24, 2.45) is 0 Å². The number of hydrogen-bond acceptors (Lipinski definition) is 4. The summed E-state index contributed by atoms with van der Waals surface area (Å²) in [4.78, 5) is 3.83. The molecule has 0 unspecified atom stereocenters. The molecule has 0 fully saturated rings. The molecule has 1 aromatic carbocycles. The first-order chi connectivity index (χ1) is 8.31. The number of nitriles is 3. The Hall–Kier alpha value is -3.10. The van der Waals surface area contributed by atoms with Crippen molar-refractivity contribution in [1.29, 1.82) is 15.8 Å². The van der Waals surface area contributed by atoms with Gasteiger partial charge in [0.05, 0.1) is 11.3 Å². The van der Waals surface area contributed by atoms with E-state index in [-0.39, 0.29) is 11.4 Å². The normalized spacial score (nSPS) is 9.00. The molecule has 1 aromatic heterocycles. The van der Waals surface area contributed by atoms with Crippen molar-refractivity contribution in [3.05, 3.63) is 47.5 Å². The summed E-state index contributed by atoms with van der Waals surface area (Å²) < 4.78 is 1.44. The maximum absolute atomic E-state index is 9.00. The van der Waals surface area contributed by atoms with Gasteiger partial charge in [-0.2, -0.15) is 15.8 Å². The quantitative estimate of drug-likeness (QED) is 0.726. The number of aromatic nitrogens is 2. The highest BCUT2D eigenvalue weighted by molar-refractivity contribution is 5.52. The molecule has 0 aliphatic rings. The summed E-state index contributed by atoms with van der Waals surface area (Å²) in [6, 6.07) is 12.6. The molecule has 0 N–H and O–H groups in total. The monoisotopic (exact) mass is 219 g/mol. The lowest BCUT2D eigenvalue weighted by Gasteiger charge is -2.04. The summed E-state index contributed by atoms with van der Waals surface area (Å²) in [7, 11) is 0. The van der Waals surface area contributed by atoms with E-state index in [2.05, 4.69) is 4.98 Å². The molecule has 0 aliphatic heterocycles. The molecule has 2 aromatic rings. The first-order valence-corrected chi connectivity index (χ1v) is 4.69. The second-order valence-corrected chi connectivity index (χ2v) is 3.16. The van der Waals surface area contributed by atoms with Gasteiger partial charge in [-0.15, -0.1) is 0 Å². The molecule has 78 valence electrons. The third-order valence-electron chi connectivity index (χ3n) is 2.26. The summed E-state index contributed by atoms with van der Waals surface area (Å²) in [6.07, 6.45) is 1.37. The summed E-state index contributed by atoms with van der Waals surface area (Å²) in [5.41, 5.74) is 1.15. The average molecular weight is 219 g/mol. The largest absolute Gasteiger partial charge is 0.288 e. The van der Waals surface area contributed by atoms with Crippen molar-refractivity contribution in [2.45, 2.75) is 0 Å². The molecule has 5 nitrogen and oxygen atoms in total.